The van der Waals surface area contributed by atoms with Gasteiger partial charge in [-0.25, -0.2) is 4.98 Å². The fourth-order valence-corrected chi connectivity index (χ4v) is 4.56. The van der Waals surface area contributed by atoms with E-state index in [1.165, 1.54) is 16.0 Å². The summed E-state index contributed by atoms with van der Waals surface area (Å²) in [6, 6.07) is 12.2. The van der Waals surface area contributed by atoms with E-state index in [9.17, 15) is 4.79 Å². The highest BCUT2D eigenvalue weighted by molar-refractivity contribution is 7.22. The summed E-state index contributed by atoms with van der Waals surface area (Å²) in [7, 11) is 4.21. The molecule has 0 atom stereocenters. The molecule has 3 rings (SSSR count). The number of fused-ring (bicyclic) bond motifs is 1. The molecule has 2 aromatic carbocycles. The van der Waals surface area contributed by atoms with Gasteiger partial charge >= 0.3 is 0 Å². The van der Waals surface area contributed by atoms with Crippen molar-refractivity contribution in [3.8, 4) is 0 Å². The van der Waals surface area contributed by atoms with Crippen molar-refractivity contribution in [1.82, 2.24) is 4.98 Å². The number of hydrogen-bond donors (Lipinski definition) is 1. The fraction of sp³-hybridized carbons (Fsp3) is 0.417. The van der Waals surface area contributed by atoms with E-state index in [1.807, 2.05) is 29.2 Å². The van der Waals surface area contributed by atoms with Gasteiger partial charge in [-0.05, 0) is 69.2 Å². The maximum atomic E-state index is 13.5. The van der Waals surface area contributed by atoms with E-state index < -0.39 is 0 Å². The Kier molecular flexibility index (Phi) is 7.10. The zero-order valence-corrected chi connectivity index (χ0v) is 19.8. The van der Waals surface area contributed by atoms with Crippen molar-refractivity contribution in [3.05, 3.63) is 53.1 Å². The average molecular weight is 426 g/mol. The van der Waals surface area contributed by atoms with Gasteiger partial charge in [0.25, 0.3) is 5.91 Å². The van der Waals surface area contributed by atoms with Crippen molar-refractivity contribution >= 4 is 38.3 Å². The monoisotopic (exact) mass is 425 g/mol. The first-order valence-corrected chi connectivity index (χ1v) is 11.5. The van der Waals surface area contributed by atoms with E-state index >= 15 is 0 Å². The van der Waals surface area contributed by atoms with Crippen LogP contribution in [0.5, 0.6) is 0 Å². The maximum absolute atomic E-state index is 13.5. The van der Waals surface area contributed by atoms with Crippen molar-refractivity contribution < 1.29 is 9.69 Å². The van der Waals surface area contributed by atoms with Gasteiger partial charge in [0, 0.05) is 24.3 Å². The second-order valence-electron chi connectivity index (χ2n) is 7.98. The molecule has 0 bridgehead atoms. The molecule has 0 aliphatic heterocycles. The van der Waals surface area contributed by atoms with Gasteiger partial charge < -0.3 is 9.80 Å². The van der Waals surface area contributed by atoms with E-state index in [2.05, 4.69) is 58.8 Å². The van der Waals surface area contributed by atoms with Crippen LogP contribution in [0.2, 0.25) is 0 Å². The molecular formula is C24H33N4OS+. The Hall–Kier alpha value is -2.44. The summed E-state index contributed by atoms with van der Waals surface area (Å²) in [4.78, 5) is 23.8. The number of benzene rings is 2. The molecule has 5 nitrogen and oxygen atoms in total. The summed E-state index contributed by atoms with van der Waals surface area (Å²) in [6.07, 6.45) is 0. The Morgan fingerprint density at radius 1 is 1.03 bits per heavy atom. The highest BCUT2D eigenvalue weighted by Crippen LogP contribution is 2.32. The number of quaternary nitrogens is 1. The van der Waals surface area contributed by atoms with Crippen LogP contribution in [0.3, 0.4) is 0 Å². The zero-order valence-electron chi connectivity index (χ0n) is 19.0. The van der Waals surface area contributed by atoms with Crippen molar-refractivity contribution in [2.75, 3.05) is 50.1 Å². The van der Waals surface area contributed by atoms with Crippen LogP contribution in [0.1, 0.15) is 35.3 Å². The molecule has 30 heavy (non-hydrogen) atoms. The van der Waals surface area contributed by atoms with Gasteiger partial charge in [0.1, 0.15) is 0 Å². The topological polar surface area (TPSA) is 40.9 Å². The number of likely N-dealkylation sites (N-methyl/N-ethyl adjacent to an activating group) is 1. The van der Waals surface area contributed by atoms with E-state index in [-0.39, 0.29) is 5.91 Å². The smallest absolute Gasteiger partial charge is 0.260 e. The number of thiazole rings is 1. The number of carbonyl (C=O) groups excluding carboxylic acids is 1. The molecule has 1 aromatic heterocycles. The molecule has 0 aliphatic rings. The average Bonchev–Trinajstić information content (AvgIpc) is 3.17. The third kappa shape index (κ3) is 4.65. The number of aromatic nitrogens is 1. The first-order valence-electron chi connectivity index (χ1n) is 10.7. The van der Waals surface area contributed by atoms with Crippen LogP contribution in [0.25, 0.3) is 10.2 Å². The van der Waals surface area contributed by atoms with Crippen LogP contribution in [0.4, 0.5) is 10.8 Å². The van der Waals surface area contributed by atoms with Crippen molar-refractivity contribution in [2.24, 2.45) is 0 Å². The molecule has 0 unspecified atom stereocenters. The molecule has 0 aliphatic carbocycles. The fourth-order valence-electron chi connectivity index (χ4n) is 3.51. The molecule has 0 saturated heterocycles. The minimum absolute atomic E-state index is 0.00998. The lowest BCUT2D eigenvalue weighted by Gasteiger charge is -2.23. The summed E-state index contributed by atoms with van der Waals surface area (Å²) in [5, 5.41) is 0.776. The molecule has 0 radical (unpaired) electrons. The van der Waals surface area contributed by atoms with Gasteiger partial charge in [0.2, 0.25) is 0 Å². The second-order valence-corrected chi connectivity index (χ2v) is 8.99. The van der Waals surface area contributed by atoms with Gasteiger partial charge in [-0.3, -0.25) is 9.69 Å². The third-order valence-electron chi connectivity index (χ3n) is 5.63. The summed E-state index contributed by atoms with van der Waals surface area (Å²) in [6.45, 7) is 11.9. The van der Waals surface area contributed by atoms with Crippen molar-refractivity contribution in [3.63, 3.8) is 0 Å². The molecule has 1 heterocycles. The van der Waals surface area contributed by atoms with E-state index in [0.29, 0.717) is 12.1 Å². The Bertz CT molecular complexity index is 1010. The molecule has 0 spiro atoms. The van der Waals surface area contributed by atoms with Gasteiger partial charge in [-0.2, -0.15) is 0 Å². The number of aryl methyl sites for hydroxylation is 2. The van der Waals surface area contributed by atoms with E-state index in [4.69, 9.17) is 4.98 Å². The SMILES string of the molecule is CCN(CC)c1ccc(C(=O)N(CC[NH+](C)C)c2nc3c(C)c(C)ccc3s2)cc1. The molecular weight excluding hydrogens is 392 g/mol. The Labute approximate surface area is 183 Å². The molecule has 1 amide bonds. The number of amides is 1. The maximum Gasteiger partial charge on any atom is 0.260 e. The van der Waals surface area contributed by atoms with Crippen LogP contribution in [-0.2, 0) is 0 Å². The first-order chi connectivity index (χ1) is 14.3. The molecule has 160 valence electrons. The van der Waals surface area contributed by atoms with Crippen LogP contribution < -0.4 is 14.7 Å². The highest BCUT2D eigenvalue weighted by atomic mass is 32.1. The number of hydrogen-bond acceptors (Lipinski definition) is 4. The lowest BCUT2D eigenvalue weighted by Crippen LogP contribution is -3.06. The number of carbonyl (C=O) groups is 1. The summed E-state index contributed by atoms with van der Waals surface area (Å²) in [5.41, 5.74) is 5.26. The Morgan fingerprint density at radius 3 is 2.30 bits per heavy atom. The molecule has 3 aromatic rings. The number of rotatable bonds is 8. The second kappa shape index (κ2) is 9.58. The van der Waals surface area contributed by atoms with E-state index in [1.54, 1.807) is 11.3 Å². The normalized spacial score (nSPS) is 11.3. The van der Waals surface area contributed by atoms with Crippen LogP contribution in [0.15, 0.2) is 36.4 Å². The van der Waals surface area contributed by atoms with Gasteiger partial charge in [0.15, 0.2) is 5.13 Å². The van der Waals surface area contributed by atoms with Crippen LogP contribution in [-0.4, -0.2) is 51.2 Å². The lowest BCUT2D eigenvalue weighted by molar-refractivity contribution is -0.856. The standard InChI is InChI=1S/C24H32N4OS/c1-7-27(8-2)20-12-10-19(11-13-20)23(29)28(16-15-26(5)6)24-25-22-18(4)17(3)9-14-21(22)30-24/h9-14H,7-8,15-16H2,1-6H3/p+1. The van der Waals surface area contributed by atoms with Gasteiger partial charge in [-0.15, -0.1) is 0 Å². The lowest BCUT2D eigenvalue weighted by atomic mass is 10.1. The summed E-state index contributed by atoms with van der Waals surface area (Å²) in [5.74, 6) is 0.00998. The quantitative estimate of drug-likeness (QED) is 0.600. The molecule has 6 heteroatoms. The minimum Gasteiger partial charge on any atom is -0.372 e. The van der Waals surface area contributed by atoms with Crippen LogP contribution in [0, 0.1) is 13.8 Å². The summed E-state index contributed by atoms with van der Waals surface area (Å²) >= 11 is 1.59. The molecule has 0 fully saturated rings. The predicted molar refractivity (Wildman–Crippen MR) is 128 cm³/mol. The van der Waals surface area contributed by atoms with Gasteiger partial charge in [0.05, 0.1) is 37.4 Å². The largest absolute Gasteiger partial charge is 0.372 e. The van der Waals surface area contributed by atoms with Crippen molar-refractivity contribution in [1.29, 1.82) is 0 Å². The Balaban J connectivity index is 1.95. The van der Waals surface area contributed by atoms with Crippen molar-refractivity contribution in [2.45, 2.75) is 27.7 Å². The first kappa shape index (κ1) is 22.2. The third-order valence-corrected chi connectivity index (χ3v) is 6.67. The number of nitrogens with zero attached hydrogens (tertiary/aromatic N) is 3. The minimum atomic E-state index is 0.00998. The van der Waals surface area contributed by atoms with E-state index in [0.717, 1.165) is 40.7 Å². The Morgan fingerprint density at radius 2 is 1.70 bits per heavy atom. The highest BCUT2D eigenvalue weighted by Gasteiger charge is 2.23. The predicted octanol–water partition coefficient (Wildman–Crippen LogP) is 3.55. The number of nitrogens with one attached hydrogen (secondary N) is 1. The van der Waals surface area contributed by atoms with Gasteiger partial charge in [-0.1, -0.05) is 17.4 Å². The molecule has 0 saturated carbocycles. The zero-order chi connectivity index (χ0) is 21.8. The molecule has 1 N–H and O–H groups in total. The van der Waals surface area contributed by atoms with Crippen LogP contribution >= 0.6 is 11.3 Å². The number of anilines is 2. The summed E-state index contributed by atoms with van der Waals surface area (Å²) < 4.78 is 1.12.